The van der Waals surface area contributed by atoms with E-state index in [2.05, 4.69) is 10.3 Å². The van der Waals surface area contributed by atoms with E-state index in [0.717, 1.165) is 17.7 Å². The van der Waals surface area contributed by atoms with Crippen molar-refractivity contribution in [2.45, 2.75) is 20.1 Å². The monoisotopic (exact) mass is 449 g/mol. The van der Waals surface area contributed by atoms with Gasteiger partial charge < -0.3 is 24.5 Å². The molecule has 3 aromatic rings. The fourth-order valence-corrected chi connectivity index (χ4v) is 3.02. The highest BCUT2D eigenvalue weighted by atomic mass is 19.2. The number of nitrogens with zero attached hydrogens (tertiary/aromatic N) is 2. The molecule has 0 bridgehead atoms. The van der Waals surface area contributed by atoms with Crippen LogP contribution in [0.3, 0.4) is 0 Å². The second-order valence-electron chi connectivity index (χ2n) is 7.00. The second-order valence-corrected chi connectivity index (χ2v) is 7.00. The normalized spacial score (nSPS) is 10.9. The van der Waals surface area contributed by atoms with Crippen LogP contribution in [0.15, 0.2) is 41.3 Å². The highest BCUT2D eigenvalue weighted by Crippen LogP contribution is 2.25. The van der Waals surface area contributed by atoms with Crippen LogP contribution in [-0.4, -0.2) is 35.0 Å². The SMILES string of the molecule is COCc1cn(Cc2cc(F)c(F)c(F)c2)c(Nc2cc(OCCO)ccc2C)nc1=O. The summed E-state index contributed by atoms with van der Waals surface area (Å²) in [5.41, 5.74) is 1.21. The summed E-state index contributed by atoms with van der Waals surface area (Å²) < 4.78 is 52.6. The van der Waals surface area contributed by atoms with Gasteiger partial charge in [0, 0.05) is 25.1 Å². The smallest absolute Gasteiger partial charge is 0.279 e. The van der Waals surface area contributed by atoms with E-state index < -0.39 is 23.0 Å². The molecule has 7 nitrogen and oxygen atoms in total. The lowest BCUT2D eigenvalue weighted by Crippen LogP contribution is -2.21. The number of aromatic nitrogens is 2. The van der Waals surface area contributed by atoms with Crippen LogP contribution < -0.4 is 15.6 Å². The third-order valence-electron chi connectivity index (χ3n) is 4.58. The molecule has 0 radical (unpaired) electrons. The van der Waals surface area contributed by atoms with E-state index in [0.29, 0.717) is 11.4 Å². The lowest BCUT2D eigenvalue weighted by atomic mass is 10.2. The lowest BCUT2D eigenvalue weighted by Gasteiger charge is -2.17. The van der Waals surface area contributed by atoms with Crippen LogP contribution in [0.5, 0.6) is 5.75 Å². The molecule has 0 fully saturated rings. The van der Waals surface area contributed by atoms with Gasteiger partial charge >= 0.3 is 0 Å². The summed E-state index contributed by atoms with van der Waals surface area (Å²) in [6, 6.07) is 6.93. The maximum atomic E-state index is 13.7. The summed E-state index contributed by atoms with van der Waals surface area (Å²) in [6.07, 6.45) is 1.46. The van der Waals surface area contributed by atoms with E-state index in [1.165, 1.54) is 17.9 Å². The Kier molecular flexibility index (Phi) is 7.49. The minimum Gasteiger partial charge on any atom is -0.491 e. The Morgan fingerprint density at radius 2 is 1.88 bits per heavy atom. The molecule has 2 aromatic carbocycles. The van der Waals surface area contributed by atoms with Crippen molar-refractivity contribution < 1.29 is 27.8 Å². The molecule has 0 amide bonds. The highest BCUT2D eigenvalue weighted by molar-refractivity contribution is 5.61. The van der Waals surface area contributed by atoms with Crippen molar-refractivity contribution in [2.75, 3.05) is 25.6 Å². The number of hydrogen-bond donors (Lipinski definition) is 2. The average molecular weight is 449 g/mol. The van der Waals surface area contributed by atoms with Gasteiger partial charge in [-0.05, 0) is 36.2 Å². The van der Waals surface area contributed by atoms with Gasteiger partial charge in [-0.25, -0.2) is 13.2 Å². The van der Waals surface area contributed by atoms with Gasteiger partial charge in [-0.2, -0.15) is 4.98 Å². The number of halogens is 3. The zero-order valence-corrected chi connectivity index (χ0v) is 17.5. The van der Waals surface area contributed by atoms with E-state index in [1.54, 1.807) is 18.2 Å². The molecule has 170 valence electrons. The fourth-order valence-electron chi connectivity index (χ4n) is 3.02. The summed E-state index contributed by atoms with van der Waals surface area (Å²) in [5.74, 6) is -3.60. The van der Waals surface area contributed by atoms with E-state index in [1.807, 2.05) is 6.92 Å². The molecule has 0 aliphatic heterocycles. The largest absolute Gasteiger partial charge is 0.491 e. The first-order valence-electron chi connectivity index (χ1n) is 9.66. The molecule has 0 atom stereocenters. The molecule has 0 spiro atoms. The lowest BCUT2D eigenvalue weighted by molar-refractivity contribution is 0.183. The van der Waals surface area contributed by atoms with Crippen LogP contribution in [0, 0.1) is 24.4 Å². The molecule has 1 aromatic heterocycles. The maximum absolute atomic E-state index is 13.7. The first-order chi connectivity index (χ1) is 15.3. The number of aliphatic hydroxyl groups is 1. The van der Waals surface area contributed by atoms with Gasteiger partial charge in [0.05, 0.1) is 25.3 Å². The Hall–Kier alpha value is -3.37. The zero-order valence-electron chi connectivity index (χ0n) is 17.5. The van der Waals surface area contributed by atoms with Crippen molar-refractivity contribution in [2.24, 2.45) is 0 Å². The summed E-state index contributed by atoms with van der Waals surface area (Å²) in [4.78, 5) is 16.5. The number of ether oxygens (including phenoxy) is 2. The first-order valence-corrected chi connectivity index (χ1v) is 9.66. The number of aliphatic hydroxyl groups excluding tert-OH is 1. The molecule has 0 aliphatic rings. The van der Waals surface area contributed by atoms with Crippen molar-refractivity contribution >= 4 is 11.6 Å². The number of aryl methyl sites for hydroxylation is 1. The first kappa shape index (κ1) is 23.3. The summed E-state index contributed by atoms with van der Waals surface area (Å²) in [5, 5.41) is 12.0. The number of methoxy groups -OCH3 is 1. The molecule has 2 N–H and O–H groups in total. The van der Waals surface area contributed by atoms with Gasteiger partial charge in [0.25, 0.3) is 5.56 Å². The number of hydrogen-bond acceptors (Lipinski definition) is 6. The predicted molar refractivity (Wildman–Crippen MR) is 112 cm³/mol. The van der Waals surface area contributed by atoms with Gasteiger partial charge in [-0.15, -0.1) is 0 Å². The molecule has 10 heteroatoms. The Labute approximate surface area is 182 Å². The summed E-state index contributed by atoms with van der Waals surface area (Å²) in [6.45, 7) is 1.68. The van der Waals surface area contributed by atoms with Crippen LogP contribution in [0.25, 0.3) is 0 Å². The van der Waals surface area contributed by atoms with E-state index in [-0.39, 0.29) is 43.4 Å². The third-order valence-corrected chi connectivity index (χ3v) is 4.58. The van der Waals surface area contributed by atoms with Crippen LogP contribution in [0.4, 0.5) is 24.8 Å². The number of nitrogens with one attached hydrogen (secondary N) is 1. The molecular weight excluding hydrogens is 427 g/mol. The minimum atomic E-state index is -1.56. The second kappa shape index (κ2) is 10.3. The Bertz CT molecular complexity index is 1140. The molecule has 0 saturated heterocycles. The summed E-state index contributed by atoms with van der Waals surface area (Å²) >= 11 is 0. The molecule has 0 unspecified atom stereocenters. The Balaban J connectivity index is 2.02. The van der Waals surface area contributed by atoms with Crippen molar-refractivity contribution in [3.05, 3.63) is 81.0 Å². The van der Waals surface area contributed by atoms with Gasteiger partial charge in [-0.1, -0.05) is 6.07 Å². The van der Waals surface area contributed by atoms with Crippen molar-refractivity contribution in [3.8, 4) is 5.75 Å². The minimum absolute atomic E-state index is 0.0121. The van der Waals surface area contributed by atoms with Gasteiger partial charge in [0.2, 0.25) is 5.95 Å². The van der Waals surface area contributed by atoms with Crippen molar-refractivity contribution in [1.82, 2.24) is 9.55 Å². The molecule has 0 aliphatic carbocycles. The van der Waals surface area contributed by atoms with Crippen LogP contribution in [-0.2, 0) is 17.9 Å². The number of anilines is 2. The average Bonchev–Trinajstić information content (AvgIpc) is 2.75. The van der Waals surface area contributed by atoms with E-state index in [9.17, 15) is 18.0 Å². The number of rotatable bonds is 9. The van der Waals surface area contributed by atoms with Crippen molar-refractivity contribution in [3.63, 3.8) is 0 Å². The van der Waals surface area contributed by atoms with Crippen LogP contribution >= 0.6 is 0 Å². The topological polar surface area (TPSA) is 85.6 Å². The van der Waals surface area contributed by atoms with Crippen LogP contribution in [0.2, 0.25) is 0 Å². The molecule has 32 heavy (non-hydrogen) atoms. The summed E-state index contributed by atoms with van der Waals surface area (Å²) in [7, 11) is 1.42. The van der Waals surface area contributed by atoms with E-state index in [4.69, 9.17) is 14.6 Å². The number of benzene rings is 2. The predicted octanol–water partition coefficient (Wildman–Crippen LogP) is 3.28. The molecular formula is C22H22F3N3O4. The highest BCUT2D eigenvalue weighted by Gasteiger charge is 2.15. The van der Waals surface area contributed by atoms with Gasteiger partial charge in [-0.3, -0.25) is 4.79 Å². The third kappa shape index (κ3) is 5.45. The molecule has 0 saturated carbocycles. The maximum Gasteiger partial charge on any atom is 0.279 e. The van der Waals surface area contributed by atoms with Crippen molar-refractivity contribution in [1.29, 1.82) is 0 Å². The Morgan fingerprint density at radius 1 is 1.16 bits per heavy atom. The standard InChI is InChI=1S/C22H22F3N3O4/c1-13-3-4-16(32-6-5-29)9-19(13)26-22-27-21(30)15(12-31-2)11-28(22)10-14-7-17(23)20(25)18(24)8-14/h3-4,7-9,11,29H,5-6,10,12H2,1-2H3,(H,26,27,30). The quantitative estimate of drug-likeness (QED) is 0.488. The zero-order chi connectivity index (χ0) is 23.3. The fraction of sp³-hybridized carbons (Fsp3) is 0.273. The van der Waals surface area contributed by atoms with Gasteiger partial charge in [0.15, 0.2) is 17.5 Å². The molecule has 3 rings (SSSR count). The molecule has 1 heterocycles. The van der Waals surface area contributed by atoms with E-state index >= 15 is 0 Å². The van der Waals surface area contributed by atoms with Crippen LogP contribution in [0.1, 0.15) is 16.7 Å². The van der Waals surface area contributed by atoms with Gasteiger partial charge in [0.1, 0.15) is 12.4 Å². The Morgan fingerprint density at radius 3 is 2.53 bits per heavy atom.